The molecular weight excluding hydrogens is 780 g/mol. The average molecular weight is 884 g/mol. The van der Waals surface area contributed by atoms with Gasteiger partial charge in [-0.3, -0.25) is 13.8 Å². The first-order valence-electron chi connectivity index (χ1n) is 26.2. The third-order valence-corrected chi connectivity index (χ3v) is 12.9. The number of nitrogens with zero attached hydrogens (tertiary/aromatic N) is 1. The van der Waals surface area contributed by atoms with Crippen LogP contribution in [0.2, 0.25) is 0 Å². The van der Waals surface area contributed by atoms with Gasteiger partial charge in [0.25, 0.3) is 0 Å². The minimum Gasteiger partial charge on any atom is -0.391 e. The molecule has 1 amide bonds. The Labute approximate surface area is 379 Å². The largest absolute Gasteiger partial charge is 0.472 e. The fourth-order valence-corrected chi connectivity index (χ4v) is 8.52. The molecule has 0 heterocycles. The van der Waals surface area contributed by atoms with Crippen LogP contribution < -0.4 is 5.32 Å². The van der Waals surface area contributed by atoms with Gasteiger partial charge in [-0.05, 0) is 44.9 Å². The van der Waals surface area contributed by atoms with Crippen molar-refractivity contribution >= 4 is 13.7 Å². The maximum absolute atomic E-state index is 12.9. The number of phosphoric acid groups is 1. The molecule has 0 aromatic carbocycles. The first-order chi connectivity index (χ1) is 29.5. The molecule has 0 radical (unpaired) electrons. The highest BCUT2D eigenvalue weighted by molar-refractivity contribution is 7.47. The van der Waals surface area contributed by atoms with E-state index in [0.717, 1.165) is 64.2 Å². The molecule has 3 unspecified atom stereocenters. The summed E-state index contributed by atoms with van der Waals surface area (Å²) in [6, 6.07) is -0.766. The van der Waals surface area contributed by atoms with Crippen molar-refractivity contribution in [2.75, 3.05) is 40.9 Å². The Morgan fingerprint density at radius 1 is 0.557 bits per heavy atom. The van der Waals surface area contributed by atoms with Crippen molar-refractivity contribution in [3.8, 4) is 0 Å². The number of quaternary nitrogens is 1. The Morgan fingerprint density at radius 3 is 1.36 bits per heavy atom. The Balaban J connectivity index is 4.22. The highest BCUT2D eigenvalue weighted by atomic mass is 31.2. The number of carbonyl (C=O) groups is 1. The van der Waals surface area contributed by atoms with Gasteiger partial charge in [-0.15, -0.1) is 0 Å². The fraction of sp³-hybridized carbons (Fsp3) is 0.904. The number of phosphoric ester groups is 1. The monoisotopic (exact) mass is 884 g/mol. The van der Waals surface area contributed by atoms with Crippen LogP contribution in [0.3, 0.4) is 0 Å². The predicted molar refractivity (Wildman–Crippen MR) is 263 cm³/mol. The number of allylic oxidation sites excluding steroid dienone is 4. The summed E-state index contributed by atoms with van der Waals surface area (Å²) in [5.41, 5.74) is 0. The summed E-state index contributed by atoms with van der Waals surface area (Å²) in [6.07, 6.45) is 53.6. The van der Waals surface area contributed by atoms with Gasteiger partial charge in [0.2, 0.25) is 5.91 Å². The van der Waals surface area contributed by atoms with E-state index in [2.05, 4.69) is 43.5 Å². The topological polar surface area (TPSA) is 105 Å². The van der Waals surface area contributed by atoms with Gasteiger partial charge in [0.05, 0.1) is 39.9 Å². The van der Waals surface area contributed by atoms with Crippen LogP contribution in [0.15, 0.2) is 24.3 Å². The van der Waals surface area contributed by atoms with Crippen LogP contribution in [-0.2, 0) is 18.4 Å². The van der Waals surface area contributed by atoms with Crippen LogP contribution in [0.1, 0.15) is 251 Å². The summed E-state index contributed by atoms with van der Waals surface area (Å²) in [7, 11) is 1.61. The minimum atomic E-state index is -4.32. The third-order valence-electron chi connectivity index (χ3n) is 12.0. The maximum atomic E-state index is 12.9. The van der Waals surface area contributed by atoms with Gasteiger partial charge >= 0.3 is 7.82 Å². The molecule has 0 aliphatic heterocycles. The lowest BCUT2D eigenvalue weighted by Crippen LogP contribution is -2.46. The SMILES string of the molecule is CCCCCC/C=C\C/C=C\CCCCCCCC(=O)NC(COP(=O)(O)OCC[N+](C)(C)C)C(O)CCCCCCCCCCCCCCCCCCCCCCCCC. The Hall–Kier alpha value is -1.02. The minimum absolute atomic E-state index is 0.0727. The van der Waals surface area contributed by atoms with E-state index in [0.29, 0.717) is 23.9 Å². The molecule has 0 rings (SSSR count). The zero-order chi connectivity index (χ0) is 45.0. The predicted octanol–water partition coefficient (Wildman–Crippen LogP) is 15.3. The van der Waals surface area contributed by atoms with E-state index in [1.165, 1.54) is 161 Å². The van der Waals surface area contributed by atoms with E-state index < -0.39 is 20.0 Å². The summed E-state index contributed by atoms with van der Waals surface area (Å²) >= 11 is 0. The molecule has 9 heteroatoms. The van der Waals surface area contributed by atoms with Gasteiger partial charge in [-0.25, -0.2) is 4.57 Å². The van der Waals surface area contributed by atoms with Gasteiger partial charge in [0.15, 0.2) is 0 Å². The number of amides is 1. The number of unbranched alkanes of at least 4 members (excludes halogenated alkanes) is 31. The normalized spacial score (nSPS) is 14.3. The molecule has 0 aromatic heterocycles. The second kappa shape index (κ2) is 44.2. The van der Waals surface area contributed by atoms with Crippen LogP contribution in [0.5, 0.6) is 0 Å². The van der Waals surface area contributed by atoms with Gasteiger partial charge in [-0.1, -0.05) is 224 Å². The molecule has 0 saturated heterocycles. The number of aliphatic hydroxyl groups excluding tert-OH is 1. The molecule has 61 heavy (non-hydrogen) atoms. The number of hydrogen-bond acceptors (Lipinski definition) is 5. The second-order valence-electron chi connectivity index (χ2n) is 19.3. The highest BCUT2D eigenvalue weighted by Crippen LogP contribution is 2.43. The van der Waals surface area contributed by atoms with E-state index in [1.54, 1.807) is 0 Å². The molecular formula is C52H104N2O6P+. The number of nitrogens with one attached hydrogen (secondary N) is 1. The molecule has 3 atom stereocenters. The number of hydrogen-bond donors (Lipinski definition) is 3. The van der Waals surface area contributed by atoms with E-state index in [-0.39, 0.29) is 19.1 Å². The smallest absolute Gasteiger partial charge is 0.391 e. The van der Waals surface area contributed by atoms with Crippen molar-refractivity contribution in [1.82, 2.24) is 5.32 Å². The lowest BCUT2D eigenvalue weighted by Gasteiger charge is -2.26. The molecule has 0 spiro atoms. The summed E-state index contributed by atoms with van der Waals surface area (Å²) in [6.45, 7) is 4.88. The Bertz CT molecular complexity index is 1050. The summed E-state index contributed by atoms with van der Waals surface area (Å²) in [5.74, 6) is -0.155. The van der Waals surface area contributed by atoms with Gasteiger partial charge in [0.1, 0.15) is 13.2 Å². The summed E-state index contributed by atoms with van der Waals surface area (Å²) < 4.78 is 23.7. The summed E-state index contributed by atoms with van der Waals surface area (Å²) in [4.78, 5) is 23.2. The van der Waals surface area contributed by atoms with Gasteiger partial charge in [0, 0.05) is 6.42 Å². The zero-order valence-corrected chi connectivity index (χ0v) is 42.1. The van der Waals surface area contributed by atoms with Crippen molar-refractivity contribution in [3.63, 3.8) is 0 Å². The second-order valence-corrected chi connectivity index (χ2v) is 20.7. The highest BCUT2D eigenvalue weighted by Gasteiger charge is 2.28. The summed E-state index contributed by atoms with van der Waals surface area (Å²) in [5, 5.41) is 14.0. The lowest BCUT2D eigenvalue weighted by molar-refractivity contribution is -0.870. The molecule has 3 N–H and O–H groups in total. The molecule has 0 aliphatic rings. The van der Waals surface area contributed by atoms with Crippen LogP contribution in [0.25, 0.3) is 0 Å². The Morgan fingerprint density at radius 2 is 0.934 bits per heavy atom. The standard InChI is InChI=1S/C52H103N2O6P/c1-6-8-10-12-14-16-18-20-22-24-25-26-27-28-29-30-31-33-35-37-39-41-43-45-51(55)50(49-60-61(57,58)59-48-47-54(3,4)5)53-52(56)46-44-42-40-38-36-34-32-23-21-19-17-15-13-11-9-7-2/h17,19,23,32,50-51,55H,6-16,18,20-22,24-31,33-49H2,1-5H3,(H-,53,56,57,58)/p+1/b19-17-,32-23-. The number of carbonyl (C=O) groups excluding carboxylic acids is 1. The Kier molecular flexibility index (Phi) is 43.5. The lowest BCUT2D eigenvalue weighted by atomic mass is 10.0. The quantitative estimate of drug-likeness (QED) is 0.0243. The van der Waals surface area contributed by atoms with E-state index in [9.17, 15) is 19.4 Å². The van der Waals surface area contributed by atoms with E-state index >= 15 is 0 Å². The first kappa shape index (κ1) is 60.0. The van der Waals surface area contributed by atoms with E-state index in [4.69, 9.17) is 9.05 Å². The van der Waals surface area contributed by atoms with Crippen molar-refractivity contribution in [1.29, 1.82) is 0 Å². The van der Waals surface area contributed by atoms with Crippen LogP contribution in [-0.4, -0.2) is 73.4 Å². The third kappa shape index (κ3) is 46.8. The number of likely N-dealkylation sites (N-methyl/N-ethyl adjacent to an activating group) is 1. The molecule has 0 fully saturated rings. The van der Waals surface area contributed by atoms with Gasteiger partial charge in [-0.2, -0.15) is 0 Å². The van der Waals surface area contributed by atoms with Crippen LogP contribution >= 0.6 is 7.82 Å². The van der Waals surface area contributed by atoms with Gasteiger partial charge < -0.3 is 19.8 Å². The molecule has 0 bridgehead atoms. The van der Waals surface area contributed by atoms with Crippen molar-refractivity contribution in [2.45, 2.75) is 264 Å². The van der Waals surface area contributed by atoms with Crippen molar-refractivity contribution in [3.05, 3.63) is 24.3 Å². The van der Waals surface area contributed by atoms with Crippen LogP contribution in [0, 0.1) is 0 Å². The number of rotatable bonds is 48. The van der Waals surface area contributed by atoms with Crippen LogP contribution in [0.4, 0.5) is 0 Å². The molecule has 8 nitrogen and oxygen atoms in total. The molecule has 362 valence electrons. The zero-order valence-electron chi connectivity index (χ0n) is 41.2. The average Bonchev–Trinajstić information content (AvgIpc) is 3.21. The maximum Gasteiger partial charge on any atom is 0.472 e. The first-order valence-corrected chi connectivity index (χ1v) is 27.7. The molecule has 0 saturated carbocycles. The van der Waals surface area contributed by atoms with Crippen molar-refractivity contribution < 1.29 is 32.9 Å². The molecule has 0 aromatic rings. The van der Waals surface area contributed by atoms with E-state index in [1.807, 2.05) is 21.1 Å². The number of aliphatic hydroxyl groups is 1. The fourth-order valence-electron chi connectivity index (χ4n) is 7.78. The molecule has 0 aliphatic carbocycles. The van der Waals surface area contributed by atoms with Crippen molar-refractivity contribution in [2.24, 2.45) is 0 Å².